The van der Waals surface area contributed by atoms with Crippen molar-refractivity contribution in [3.63, 3.8) is 0 Å². The molecule has 1 atom stereocenters. The molecule has 1 N–H and O–H groups in total. The average molecular weight is 379 g/mol. The molecule has 0 bridgehead atoms. The van der Waals surface area contributed by atoms with Crippen molar-refractivity contribution in [2.24, 2.45) is 5.92 Å². The molecule has 0 aliphatic rings. The lowest BCUT2D eigenvalue weighted by atomic mass is 10.1. The molecule has 1 unspecified atom stereocenters. The molecule has 0 heterocycles. The van der Waals surface area contributed by atoms with E-state index in [2.05, 4.69) is 17.2 Å². The molecule has 2 aromatic carbocycles. The van der Waals surface area contributed by atoms with Crippen molar-refractivity contribution < 1.29 is 19.1 Å². The fourth-order valence-electron chi connectivity index (χ4n) is 2.32. The summed E-state index contributed by atoms with van der Waals surface area (Å²) in [6.07, 6.45) is -0.529. The summed E-state index contributed by atoms with van der Waals surface area (Å²) in [7, 11) is 1.34. The van der Waals surface area contributed by atoms with Crippen LogP contribution in [-0.2, 0) is 14.3 Å². The normalized spacial score (nSPS) is 11.3. The highest BCUT2D eigenvalue weighted by molar-refractivity contribution is 5.94. The molecule has 2 rings (SSSR count). The number of benzene rings is 2. The lowest BCUT2D eigenvalue weighted by Gasteiger charge is -2.14. The van der Waals surface area contributed by atoms with Gasteiger partial charge in [0.15, 0.2) is 0 Å². The van der Waals surface area contributed by atoms with Gasteiger partial charge in [-0.05, 0) is 49.2 Å². The van der Waals surface area contributed by atoms with Gasteiger partial charge in [0.25, 0.3) is 5.91 Å². The number of methoxy groups -OCH3 is 1. The molecule has 0 aromatic heterocycles. The first-order chi connectivity index (χ1) is 13.4. The van der Waals surface area contributed by atoms with Gasteiger partial charge in [0.05, 0.1) is 12.7 Å². The molecule has 0 saturated carbocycles. The Kier molecular flexibility index (Phi) is 7.79. The van der Waals surface area contributed by atoms with Crippen LogP contribution in [0.15, 0.2) is 48.5 Å². The second-order valence-corrected chi connectivity index (χ2v) is 6.76. The molecule has 28 heavy (non-hydrogen) atoms. The van der Waals surface area contributed by atoms with Crippen molar-refractivity contribution >= 4 is 17.6 Å². The van der Waals surface area contributed by atoms with E-state index in [1.165, 1.54) is 7.11 Å². The van der Waals surface area contributed by atoms with Gasteiger partial charge in [0, 0.05) is 23.4 Å². The Bertz CT molecular complexity index is 893. The number of carbonyl (C=O) groups excluding carboxylic acids is 2. The molecule has 0 spiro atoms. The van der Waals surface area contributed by atoms with Crippen LogP contribution in [0.1, 0.15) is 42.3 Å². The van der Waals surface area contributed by atoms with Gasteiger partial charge in [0.1, 0.15) is 6.10 Å². The van der Waals surface area contributed by atoms with Crippen molar-refractivity contribution in [3.8, 4) is 11.8 Å². The first kappa shape index (κ1) is 21.2. The summed E-state index contributed by atoms with van der Waals surface area (Å²) >= 11 is 0. The third-order valence-electron chi connectivity index (χ3n) is 3.81. The van der Waals surface area contributed by atoms with Crippen LogP contribution in [0.25, 0.3) is 0 Å². The van der Waals surface area contributed by atoms with Crippen LogP contribution in [0.3, 0.4) is 0 Å². The highest BCUT2D eigenvalue weighted by atomic mass is 16.5. The molecule has 0 saturated heterocycles. The minimum Gasteiger partial charge on any atom is -0.465 e. The van der Waals surface area contributed by atoms with Gasteiger partial charge < -0.3 is 14.8 Å². The molecule has 2 aromatic rings. The van der Waals surface area contributed by atoms with E-state index < -0.39 is 12.1 Å². The van der Waals surface area contributed by atoms with Gasteiger partial charge in [-0.15, -0.1) is 0 Å². The predicted octanol–water partition coefficient (Wildman–Crippen LogP) is 3.87. The Morgan fingerprint density at radius 3 is 2.29 bits per heavy atom. The number of carbonyl (C=O) groups is 2. The Morgan fingerprint density at radius 2 is 1.64 bits per heavy atom. The molecule has 0 aliphatic carbocycles. The van der Waals surface area contributed by atoms with Gasteiger partial charge in [0.2, 0.25) is 0 Å². The van der Waals surface area contributed by atoms with Gasteiger partial charge in [-0.25, -0.2) is 4.79 Å². The van der Waals surface area contributed by atoms with Crippen LogP contribution >= 0.6 is 0 Å². The molecule has 146 valence electrons. The zero-order chi connectivity index (χ0) is 20.5. The fourth-order valence-corrected chi connectivity index (χ4v) is 2.32. The standard InChI is InChI=1S/C23H25NO4/c1-16(2)15-28-17(3)22(25)24-21-10-6-8-19(14-21)12-11-18-7-5-9-20(13-18)23(26)27-4/h5-10,13-14,16-17H,15H2,1-4H3,(H,24,25). The molecule has 0 radical (unpaired) electrons. The molecular weight excluding hydrogens is 354 g/mol. The van der Waals surface area contributed by atoms with Crippen molar-refractivity contribution in [1.82, 2.24) is 0 Å². The summed E-state index contributed by atoms with van der Waals surface area (Å²) in [6, 6.07) is 14.2. The third-order valence-corrected chi connectivity index (χ3v) is 3.81. The quantitative estimate of drug-likeness (QED) is 0.611. The van der Waals surface area contributed by atoms with E-state index in [0.29, 0.717) is 29.3 Å². The van der Waals surface area contributed by atoms with Gasteiger partial charge in [-0.1, -0.05) is 37.8 Å². The van der Waals surface area contributed by atoms with Crippen LogP contribution in [-0.4, -0.2) is 31.7 Å². The summed E-state index contributed by atoms with van der Waals surface area (Å²) in [5, 5.41) is 2.84. The Balaban J connectivity index is 2.07. The third kappa shape index (κ3) is 6.57. The highest BCUT2D eigenvalue weighted by Gasteiger charge is 2.14. The first-order valence-electron chi connectivity index (χ1n) is 9.12. The van der Waals surface area contributed by atoms with E-state index in [1.54, 1.807) is 37.3 Å². The minimum atomic E-state index is -0.529. The molecule has 1 amide bonds. The topological polar surface area (TPSA) is 64.6 Å². The van der Waals surface area contributed by atoms with Crippen molar-refractivity contribution in [2.75, 3.05) is 19.0 Å². The van der Waals surface area contributed by atoms with Crippen molar-refractivity contribution in [1.29, 1.82) is 0 Å². The van der Waals surface area contributed by atoms with Gasteiger partial charge in [-0.3, -0.25) is 4.79 Å². The van der Waals surface area contributed by atoms with Gasteiger partial charge in [-0.2, -0.15) is 0 Å². The number of amides is 1. The SMILES string of the molecule is COC(=O)c1cccc(C#Cc2cccc(NC(=O)C(C)OCC(C)C)c2)c1. The molecule has 5 heteroatoms. The summed E-state index contributed by atoms with van der Waals surface area (Å²) in [4.78, 5) is 23.8. The zero-order valence-electron chi connectivity index (χ0n) is 16.6. The number of hydrogen-bond acceptors (Lipinski definition) is 4. The van der Waals surface area contributed by atoms with Crippen LogP contribution in [0.2, 0.25) is 0 Å². The second-order valence-electron chi connectivity index (χ2n) is 6.76. The summed E-state index contributed by atoms with van der Waals surface area (Å²) < 4.78 is 10.3. The lowest BCUT2D eigenvalue weighted by Crippen LogP contribution is -2.28. The number of rotatable bonds is 6. The maximum Gasteiger partial charge on any atom is 0.337 e. The highest BCUT2D eigenvalue weighted by Crippen LogP contribution is 2.12. The Morgan fingerprint density at radius 1 is 1.00 bits per heavy atom. The van der Waals surface area contributed by atoms with Crippen LogP contribution < -0.4 is 5.32 Å². The van der Waals surface area contributed by atoms with Crippen LogP contribution in [0, 0.1) is 17.8 Å². The largest absolute Gasteiger partial charge is 0.465 e. The fraction of sp³-hybridized carbons (Fsp3) is 0.304. The molecule has 0 aliphatic heterocycles. The van der Waals surface area contributed by atoms with Crippen LogP contribution in [0.5, 0.6) is 0 Å². The summed E-state index contributed by atoms with van der Waals surface area (Å²) in [6.45, 7) is 6.34. The number of hydrogen-bond donors (Lipinski definition) is 1. The monoisotopic (exact) mass is 379 g/mol. The first-order valence-corrected chi connectivity index (χ1v) is 9.12. The predicted molar refractivity (Wildman–Crippen MR) is 109 cm³/mol. The van der Waals surface area contributed by atoms with E-state index in [4.69, 9.17) is 9.47 Å². The van der Waals surface area contributed by atoms with Crippen LogP contribution in [0.4, 0.5) is 5.69 Å². The minimum absolute atomic E-state index is 0.198. The lowest BCUT2D eigenvalue weighted by molar-refractivity contribution is -0.126. The maximum absolute atomic E-state index is 12.2. The summed E-state index contributed by atoms with van der Waals surface area (Å²) in [5.41, 5.74) is 2.55. The van der Waals surface area contributed by atoms with E-state index in [-0.39, 0.29) is 5.91 Å². The molecule has 5 nitrogen and oxygen atoms in total. The van der Waals surface area contributed by atoms with Crippen molar-refractivity contribution in [2.45, 2.75) is 26.9 Å². The number of anilines is 1. The van der Waals surface area contributed by atoms with Crippen molar-refractivity contribution in [3.05, 3.63) is 65.2 Å². The van der Waals surface area contributed by atoms with E-state index >= 15 is 0 Å². The average Bonchev–Trinajstić information content (AvgIpc) is 2.70. The molecular formula is C23H25NO4. The Hall–Kier alpha value is -3.10. The van der Waals surface area contributed by atoms with Gasteiger partial charge >= 0.3 is 5.97 Å². The second kappa shape index (κ2) is 10.3. The van der Waals surface area contributed by atoms with E-state index in [1.807, 2.05) is 32.0 Å². The zero-order valence-corrected chi connectivity index (χ0v) is 16.6. The number of ether oxygens (including phenoxy) is 2. The maximum atomic E-state index is 12.2. The summed E-state index contributed by atoms with van der Waals surface area (Å²) in [5.74, 6) is 5.83. The number of nitrogens with one attached hydrogen (secondary N) is 1. The number of esters is 1. The van der Waals surface area contributed by atoms with E-state index in [0.717, 1.165) is 5.56 Å². The smallest absolute Gasteiger partial charge is 0.337 e. The Labute approximate surface area is 166 Å². The van der Waals surface area contributed by atoms with E-state index in [9.17, 15) is 9.59 Å². The molecule has 0 fully saturated rings.